The van der Waals surface area contributed by atoms with Gasteiger partial charge in [0.05, 0.1) is 11.3 Å². The van der Waals surface area contributed by atoms with Gasteiger partial charge < -0.3 is 15.9 Å². The molecule has 0 amide bonds. The zero-order chi connectivity index (χ0) is 15.5. The Morgan fingerprint density at radius 1 is 1.23 bits per heavy atom. The second-order valence-corrected chi connectivity index (χ2v) is 6.45. The first-order valence-electron chi connectivity index (χ1n) is 7.27. The van der Waals surface area contributed by atoms with Crippen molar-refractivity contribution in [1.29, 1.82) is 0 Å². The van der Waals surface area contributed by atoms with E-state index in [4.69, 9.17) is 5.73 Å². The van der Waals surface area contributed by atoms with Crippen LogP contribution in [0.5, 0.6) is 11.5 Å². The molecule has 116 valence electrons. The highest BCUT2D eigenvalue weighted by Crippen LogP contribution is 2.27. The van der Waals surface area contributed by atoms with E-state index in [0.717, 1.165) is 38.2 Å². The number of aromatic hydroxyl groups is 2. The normalized spacial score (nSPS) is 15.8. The molecular weight excluding hydrogens is 298 g/mol. The van der Waals surface area contributed by atoms with Gasteiger partial charge in [0.25, 0.3) is 0 Å². The summed E-state index contributed by atoms with van der Waals surface area (Å²) < 4.78 is 0. The largest absolute Gasteiger partial charge is 0.507 e. The van der Waals surface area contributed by atoms with E-state index in [-0.39, 0.29) is 11.5 Å². The quantitative estimate of drug-likeness (QED) is 0.809. The van der Waals surface area contributed by atoms with Crippen LogP contribution < -0.4 is 5.73 Å². The second-order valence-electron chi connectivity index (χ2n) is 5.33. The molecule has 2 aromatic rings. The van der Waals surface area contributed by atoms with Gasteiger partial charge in [-0.2, -0.15) is 0 Å². The number of thiazole rings is 1. The van der Waals surface area contributed by atoms with E-state index in [1.807, 2.05) is 6.08 Å². The van der Waals surface area contributed by atoms with Gasteiger partial charge >= 0.3 is 0 Å². The predicted molar refractivity (Wildman–Crippen MR) is 89.2 cm³/mol. The average molecular weight is 317 g/mol. The third kappa shape index (κ3) is 3.23. The summed E-state index contributed by atoms with van der Waals surface area (Å²) in [5.74, 6) is 0.183. The number of rotatable bonds is 3. The molecule has 0 aliphatic carbocycles. The number of hydrogen-bond acceptors (Lipinski definition) is 6. The standard InChI is InChI=1S/C16H19N3O2S/c17-16-18-12-6-9-19(10-7-15(12)22-16)8-2-3-11-13(20)4-1-5-14(11)21/h1-5,20-21H,6-10H2,(H2,17,18). The second kappa shape index (κ2) is 6.37. The molecule has 0 atom stereocenters. The maximum Gasteiger partial charge on any atom is 0.180 e. The number of phenols is 2. The first-order chi connectivity index (χ1) is 10.6. The van der Waals surface area contributed by atoms with Crippen molar-refractivity contribution >= 4 is 22.5 Å². The van der Waals surface area contributed by atoms with Crippen LogP contribution in [-0.4, -0.2) is 39.7 Å². The Labute approximate surface area is 133 Å². The third-order valence-corrected chi connectivity index (χ3v) is 4.81. The lowest BCUT2D eigenvalue weighted by atomic mass is 10.1. The van der Waals surface area contributed by atoms with Crippen LogP contribution in [-0.2, 0) is 12.8 Å². The monoisotopic (exact) mass is 317 g/mol. The molecular formula is C16H19N3O2S. The van der Waals surface area contributed by atoms with Crippen LogP contribution in [0.15, 0.2) is 24.3 Å². The molecule has 3 rings (SSSR count). The Morgan fingerprint density at radius 3 is 2.73 bits per heavy atom. The molecule has 0 saturated heterocycles. The maximum atomic E-state index is 9.75. The summed E-state index contributed by atoms with van der Waals surface area (Å²) >= 11 is 1.59. The van der Waals surface area contributed by atoms with Gasteiger partial charge in [0.2, 0.25) is 0 Å². The molecule has 0 spiro atoms. The molecule has 0 fully saturated rings. The summed E-state index contributed by atoms with van der Waals surface area (Å²) in [5.41, 5.74) is 7.35. The lowest BCUT2D eigenvalue weighted by Crippen LogP contribution is -2.26. The van der Waals surface area contributed by atoms with E-state index in [0.29, 0.717) is 10.7 Å². The Bertz CT molecular complexity index is 651. The zero-order valence-electron chi connectivity index (χ0n) is 12.2. The molecule has 5 nitrogen and oxygen atoms in total. The lowest BCUT2D eigenvalue weighted by molar-refractivity contribution is 0.318. The van der Waals surface area contributed by atoms with Crippen LogP contribution in [0, 0.1) is 0 Å². The van der Waals surface area contributed by atoms with Crippen LogP contribution in [0.25, 0.3) is 6.08 Å². The molecule has 1 aliphatic rings. The van der Waals surface area contributed by atoms with E-state index in [9.17, 15) is 10.2 Å². The summed E-state index contributed by atoms with van der Waals surface area (Å²) in [6.07, 6.45) is 5.62. The molecule has 1 aromatic heterocycles. The van der Waals surface area contributed by atoms with Crippen molar-refractivity contribution in [3.05, 3.63) is 40.4 Å². The van der Waals surface area contributed by atoms with Crippen molar-refractivity contribution in [2.45, 2.75) is 12.8 Å². The first kappa shape index (κ1) is 14.9. The molecule has 0 saturated carbocycles. The number of anilines is 1. The Hall–Kier alpha value is -2.05. The van der Waals surface area contributed by atoms with E-state index < -0.39 is 0 Å². The van der Waals surface area contributed by atoms with Crippen molar-refractivity contribution in [2.75, 3.05) is 25.4 Å². The third-order valence-electron chi connectivity index (χ3n) is 3.82. The molecule has 0 bridgehead atoms. The number of hydrogen-bond donors (Lipinski definition) is 3. The fourth-order valence-electron chi connectivity index (χ4n) is 2.64. The highest BCUT2D eigenvalue weighted by Gasteiger charge is 2.16. The number of aromatic nitrogens is 1. The minimum Gasteiger partial charge on any atom is -0.507 e. The summed E-state index contributed by atoms with van der Waals surface area (Å²) in [7, 11) is 0. The fraction of sp³-hybridized carbons (Fsp3) is 0.312. The van der Waals surface area contributed by atoms with E-state index in [2.05, 4.69) is 9.88 Å². The molecule has 6 heteroatoms. The van der Waals surface area contributed by atoms with Crippen LogP contribution in [0.1, 0.15) is 16.1 Å². The SMILES string of the molecule is Nc1nc2c(s1)CCN(CC=Cc1c(O)cccc1O)CC2. The molecule has 22 heavy (non-hydrogen) atoms. The highest BCUT2D eigenvalue weighted by molar-refractivity contribution is 7.15. The van der Waals surface area contributed by atoms with E-state index in [1.165, 1.54) is 4.88 Å². The number of nitrogens with two attached hydrogens (primary N) is 1. The first-order valence-corrected chi connectivity index (χ1v) is 8.09. The zero-order valence-corrected chi connectivity index (χ0v) is 13.0. The summed E-state index contributed by atoms with van der Waals surface area (Å²) in [4.78, 5) is 8.01. The topological polar surface area (TPSA) is 82.6 Å². The van der Waals surface area contributed by atoms with E-state index >= 15 is 0 Å². The minimum atomic E-state index is 0.0916. The van der Waals surface area contributed by atoms with Crippen molar-refractivity contribution in [1.82, 2.24) is 9.88 Å². The minimum absolute atomic E-state index is 0.0916. The highest BCUT2D eigenvalue weighted by atomic mass is 32.1. The van der Waals surface area contributed by atoms with Crippen LogP contribution >= 0.6 is 11.3 Å². The number of benzene rings is 1. The van der Waals surface area contributed by atoms with Crippen molar-refractivity contribution in [3.63, 3.8) is 0 Å². The Morgan fingerprint density at radius 2 is 1.95 bits per heavy atom. The molecule has 1 aliphatic heterocycles. The van der Waals surface area contributed by atoms with Gasteiger partial charge in [-0.15, -0.1) is 11.3 Å². The fourth-order valence-corrected chi connectivity index (χ4v) is 3.51. The summed E-state index contributed by atoms with van der Waals surface area (Å²) in [6.45, 7) is 2.68. The van der Waals surface area contributed by atoms with Crippen LogP contribution in [0.3, 0.4) is 0 Å². The summed E-state index contributed by atoms with van der Waals surface area (Å²) in [5, 5.41) is 20.2. The van der Waals surface area contributed by atoms with E-state index in [1.54, 1.807) is 35.6 Å². The van der Waals surface area contributed by atoms with Gasteiger partial charge in [-0.3, -0.25) is 4.90 Å². The Balaban J connectivity index is 1.61. The Kier molecular flexibility index (Phi) is 4.31. The molecule has 2 heterocycles. The predicted octanol–water partition coefficient (Wildman–Crippen LogP) is 2.25. The maximum absolute atomic E-state index is 9.75. The van der Waals surface area contributed by atoms with Gasteiger partial charge in [0, 0.05) is 30.9 Å². The number of nitrogen functional groups attached to an aromatic ring is 1. The molecule has 4 N–H and O–H groups in total. The van der Waals surface area contributed by atoms with Crippen molar-refractivity contribution in [3.8, 4) is 11.5 Å². The van der Waals surface area contributed by atoms with Gasteiger partial charge in [0.1, 0.15) is 11.5 Å². The molecule has 1 aromatic carbocycles. The number of nitrogens with zero attached hydrogens (tertiary/aromatic N) is 2. The molecule has 0 radical (unpaired) electrons. The number of fused-ring (bicyclic) bond motifs is 1. The van der Waals surface area contributed by atoms with Crippen LogP contribution in [0.2, 0.25) is 0 Å². The van der Waals surface area contributed by atoms with Crippen LogP contribution in [0.4, 0.5) is 5.13 Å². The average Bonchev–Trinajstić information content (AvgIpc) is 2.74. The van der Waals surface area contributed by atoms with Gasteiger partial charge in [-0.25, -0.2) is 4.98 Å². The van der Waals surface area contributed by atoms with Gasteiger partial charge in [0.15, 0.2) is 5.13 Å². The number of phenolic OH excluding ortho intramolecular Hbond substituents is 2. The summed E-state index contributed by atoms with van der Waals surface area (Å²) in [6, 6.07) is 4.76. The van der Waals surface area contributed by atoms with Gasteiger partial charge in [-0.1, -0.05) is 18.2 Å². The van der Waals surface area contributed by atoms with Crippen molar-refractivity contribution < 1.29 is 10.2 Å². The smallest absolute Gasteiger partial charge is 0.180 e. The molecule has 0 unspecified atom stereocenters. The lowest BCUT2D eigenvalue weighted by Gasteiger charge is -2.17. The van der Waals surface area contributed by atoms with Gasteiger partial charge in [-0.05, 0) is 18.6 Å². The van der Waals surface area contributed by atoms with Crippen molar-refractivity contribution in [2.24, 2.45) is 0 Å².